The van der Waals surface area contributed by atoms with Crippen molar-refractivity contribution in [1.82, 2.24) is 5.32 Å². The highest BCUT2D eigenvalue weighted by molar-refractivity contribution is 5.87. The van der Waals surface area contributed by atoms with E-state index in [0.717, 1.165) is 25.7 Å². The molecule has 1 saturated heterocycles. The summed E-state index contributed by atoms with van der Waals surface area (Å²) >= 11 is 0. The fourth-order valence-electron chi connectivity index (χ4n) is 3.81. The van der Waals surface area contributed by atoms with Gasteiger partial charge in [0.2, 0.25) is 5.91 Å². The molecule has 0 aromatic carbocycles. The molecular formula is C16H23NO4. The van der Waals surface area contributed by atoms with E-state index >= 15 is 0 Å². The number of rotatable bonds is 3. The van der Waals surface area contributed by atoms with Gasteiger partial charge in [-0.05, 0) is 12.8 Å². The van der Waals surface area contributed by atoms with E-state index in [2.05, 4.69) is 5.32 Å². The molecule has 1 saturated carbocycles. The summed E-state index contributed by atoms with van der Waals surface area (Å²) in [5.74, 6) is -2.41. The first-order valence-electron chi connectivity index (χ1n) is 8.04. The average Bonchev–Trinajstić information content (AvgIpc) is 3.01. The Bertz CT molecular complexity index is 440. The lowest BCUT2D eigenvalue weighted by Gasteiger charge is -2.26. The summed E-state index contributed by atoms with van der Waals surface area (Å²) in [5, 5.41) is 12.4. The number of hydrogen-bond donors (Lipinski definition) is 2. The molecule has 3 aliphatic rings. The van der Waals surface area contributed by atoms with E-state index in [1.807, 2.05) is 6.08 Å². The Kier molecular flexibility index (Phi) is 4.29. The van der Waals surface area contributed by atoms with Gasteiger partial charge < -0.3 is 15.2 Å². The Hall–Kier alpha value is -1.36. The number of carbonyl (C=O) groups excluding carboxylic acids is 1. The molecule has 1 amide bonds. The van der Waals surface area contributed by atoms with E-state index < -0.39 is 23.9 Å². The van der Waals surface area contributed by atoms with Crippen LogP contribution in [0.2, 0.25) is 0 Å². The van der Waals surface area contributed by atoms with Crippen molar-refractivity contribution in [2.24, 2.45) is 11.8 Å². The summed E-state index contributed by atoms with van der Waals surface area (Å²) in [6, 6.07) is 0.190. The maximum absolute atomic E-state index is 12.5. The summed E-state index contributed by atoms with van der Waals surface area (Å²) in [4.78, 5) is 23.9. The van der Waals surface area contributed by atoms with Crippen LogP contribution in [0.1, 0.15) is 44.9 Å². The van der Waals surface area contributed by atoms with Crippen molar-refractivity contribution in [3.8, 4) is 0 Å². The predicted octanol–water partition coefficient (Wildman–Crippen LogP) is 1.87. The molecule has 5 nitrogen and oxygen atoms in total. The molecule has 0 radical (unpaired) electrons. The zero-order chi connectivity index (χ0) is 14.8. The Morgan fingerprint density at radius 2 is 1.52 bits per heavy atom. The average molecular weight is 293 g/mol. The molecule has 0 aromatic heterocycles. The van der Waals surface area contributed by atoms with Gasteiger partial charge in [-0.3, -0.25) is 9.59 Å². The van der Waals surface area contributed by atoms with Crippen molar-refractivity contribution in [3.05, 3.63) is 12.2 Å². The molecule has 2 heterocycles. The van der Waals surface area contributed by atoms with Crippen molar-refractivity contribution < 1.29 is 19.4 Å². The zero-order valence-electron chi connectivity index (χ0n) is 12.2. The third-order valence-electron chi connectivity index (χ3n) is 4.94. The smallest absolute Gasteiger partial charge is 0.310 e. The fraction of sp³-hybridized carbons (Fsp3) is 0.750. The number of aliphatic carboxylic acids is 1. The Morgan fingerprint density at radius 1 is 0.952 bits per heavy atom. The third-order valence-corrected chi connectivity index (χ3v) is 4.94. The molecule has 2 bridgehead atoms. The van der Waals surface area contributed by atoms with Gasteiger partial charge in [0.1, 0.15) is 5.92 Å². The van der Waals surface area contributed by atoms with Crippen LogP contribution in [0.15, 0.2) is 12.2 Å². The zero-order valence-corrected chi connectivity index (χ0v) is 12.2. The SMILES string of the molecule is O=C(O)[C@@H]1[C@H](C(=O)NC2CCCCCCC2)[C@H]2C=C[C@@H]1O2. The molecule has 3 rings (SSSR count). The summed E-state index contributed by atoms with van der Waals surface area (Å²) < 4.78 is 5.56. The molecule has 0 aromatic rings. The van der Waals surface area contributed by atoms with Crippen LogP contribution in [0, 0.1) is 11.8 Å². The second-order valence-electron chi connectivity index (χ2n) is 6.39. The van der Waals surface area contributed by atoms with Crippen LogP contribution in [0.4, 0.5) is 0 Å². The van der Waals surface area contributed by atoms with Crippen LogP contribution < -0.4 is 5.32 Å². The first kappa shape index (κ1) is 14.6. The van der Waals surface area contributed by atoms with Crippen LogP contribution >= 0.6 is 0 Å². The van der Waals surface area contributed by atoms with Gasteiger partial charge in [-0.25, -0.2) is 0 Å². The molecule has 116 valence electrons. The summed E-state index contributed by atoms with van der Waals surface area (Å²) in [7, 11) is 0. The third kappa shape index (κ3) is 2.98. The van der Waals surface area contributed by atoms with E-state index in [9.17, 15) is 14.7 Å². The van der Waals surface area contributed by atoms with E-state index in [1.54, 1.807) is 6.08 Å². The monoisotopic (exact) mass is 293 g/mol. The maximum Gasteiger partial charge on any atom is 0.310 e. The molecule has 2 N–H and O–H groups in total. The van der Waals surface area contributed by atoms with Crippen LogP contribution in [0.3, 0.4) is 0 Å². The Balaban J connectivity index is 1.64. The highest BCUT2D eigenvalue weighted by Crippen LogP contribution is 2.39. The van der Waals surface area contributed by atoms with Gasteiger partial charge in [-0.1, -0.05) is 44.3 Å². The predicted molar refractivity (Wildman–Crippen MR) is 76.7 cm³/mol. The van der Waals surface area contributed by atoms with Gasteiger partial charge in [-0.2, -0.15) is 0 Å². The number of carbonyl (C=O) groups is 2. The van der Waals surface area contributed by atoms with Crippen molar-refractivity contribution in [1.29, 1.82) is 0 Å². The second kappa shape index (κ2) is 6.18. The molecule has 5 heteroatoms. The minimum absolute atomic E-state index is 0.148. The fourth-order valence-corrected chi connectivity index (χ4v) is 3.81. The number of nitrogens with one attached hydrogen (secondary N) is 1. The summed E-state index contributed by atoms with van der Waals surface area (Å²) in [6.45, 7) is 0. The minimum atomic E-state index is -0.940. The van der Waals surface area contributed by atoms with Gasteiger partial charge in [0, 0.05) is 6.04 Å². The van der Waals surface area contributed by atoms with Gasteiger partial charge in [0.15, 0.2) is 0 Å². The van der Waals surface area contributed by atoms with Crippen molar-refractivity contribution >= 4 is 11.9 Å². The molecule has 0 spiro atoms. The van der Waals surface area contributed by atoms with Crippen molar-refractivity contribution in [2.75, 3.05) is 0 Å². The van der Waals surface area contributed by atoms with E-state index in [-0.39, 0.29) is 18.1 Å². The highest BCUT2D eigenvalue weighted by atomic mass is 16.5. The maximum atomic E-state index is 12.5. The molecule has 0 unspecified atom stereocenters. The standard InChI is InChI=1S/C16H23NO4/c18-15(17-10-6-4-2-1-3-5-7-10)13-11-8-9-12(21-11)14(13)16(19)20/h8-14H,1-7H2,(H,17,18)(H,19,20)/t11-,12+,13-,14+/m1/s1. The van der Waals surface area contributed by atoms with Crippen LogP contribution in [-0.4, -0.2) is 35.2 Å². The molecular weight excluding hydrogens is 270 g/mol. The van der Waals surface area contributed by atoms with Crippen LogP contribution in [0.25, 0.3) is 0 Å². The summed E-state index contributed by atoms with van der Waals surface area (Å²) in [5.41, 5.74) is 0. The lowest BCUT2D eigenvalue weighted by molar-refractivity contribution is -0.146. The Labute approximate surface area is 124 Å². The number of hydrogen-bond acceptors (Lipinski definition) is 3. The quantitative estimate of drug-likeness (QED) is 0.779. The van der Waals surface area contributed by atoms with Crippen molar-refractivity contribution in [3.63, 3.8) is 0 Å². The van der Waals surface area contributed by atoms with E-state index in [4.69, 9.17) is 4.74 Å². The normalized spacial score (nSPS) is 36.2. The number of carboxylic acids is 1. The van der Waals surface area contributed by atoms with Gasteiger partial charge in [0.25, 0.3) is 0 Å². The lowest BCUT2D eigenvalue weighted by Crippen LogP contribution is -2.46. The molecule has 4 atom stereocenters. The Morgan fingerprint density at radius 3 is 2.14 bits per heavy atom. The number of amides is 1. The highest BCUT2D eigenvalue weighted by Gasteiger charge is 2.53. The van der Waals surface area contributed by atoms with Gasteiger partial charge in [0.05, 0.1) is 18.1 Å². The van der Waals surface area contributed by atoms with E-state index in [0.29, 0.717) is 0 Å². The topological polar surface area (TPSA) is 75.6 Å². The molecule has 2 fully saturated rings. The molecule has 2 aliphatic heterocycles. The number of carboxylic acid groups (broad SMARTS) is 1. The molecule has 1 aliphatic carbocycles. The van der Waals surface area contributed by atoms with Crippen LogP contribution in [-0.2, 0) is 14.3 Å². The van der Waals surface area contributed by atoms with Crippen LogP contribution in [0.5, 0.6) is 0 Å². The van der Waals surface area contributed by atoms with Crippen molar-refractivity contribution in [2.45, 2.75) is 63.2 Å². The van der Waals surface area contributed by atoms with Gasteiger partial charge in [-0.15, -0.1) is 0 Å². The van der Waals surface area contributed by atoms with Gasteiger partial charge >= 0.3 is 5.97 Å². The largest absolute Gasteiger partial charge is 0.481 e. The first-order chi connectivity index (χ1) is 10.2. The van der Waals surface area contributed by atoms with E-state index in [1.165, 1.54) is 19.3 Å². The minimum Gasteiger partial charge on any atom is -0.481 e. The number of fused-ring (bicyclic) bond motifs is 2. The number of ether oxygens (including phenoxy) is 1. The first-order valence-corrected chi connectivity index (χ1v) is 8.04. The summed E-state index contributed by atoms with van der Waals surface area (Å²) in [6.07, 6.45) is 10.8. The molecule has 21 heavy (non-hydrogen) atoms. The lowest BCUT2D eigenvalue weighted by atomic mass is 9.82. The second-order valence-corrected chi connectivity index (χ2v) is 6.39.